The zero-order chi connectivity index (χ0) is 19.4. The molecule has 0 radical (unpaired) electrons. The predicted molar refractivity (Wildman–Crippen MR) is 99.4 cm³/mol. The third kappa shape index (κ3) is 4.23. The minimum Gasteiger partial charge on any atom is -0.457 e. The van der Waals surface area contributed by atoms with Crippen molar-refractivity contribution in [3.63, 3.8) is 0 Å². The zero-order valence-corrected chi connectivity index (χ0v) is 14.9. The molecule has 0 bridgehead atoms. The van der Waals surface area contributed by atoms with Gasteiger partial charge in [0, 0.05) is 36.9 Å². The van der Waals surface area contributed by atoms with Crippen LogP contribution >= 0.6 is 0 Å². The first-order chi connectivity index (χ1) is 13.0. The largest absolute Gasteiger partial charge is 0.457 e. The number of furan rings is 1. The number of non-ortho nitro benzene ring substituents is 1. The molecule has 1 fully saturated rings. The van der Waals surface area contributed by atoms with Crippen molar-refractivity contribution in [3.8, 4) is 17.4 Å². The number of likely N-dealkylation sites (tertiary alicyclic amines) is 1. The molecule has 1 aromatic carbocycles. The van der Waals surface area contributed by atoms with Gasteiger partial charge in [-0.2, -0.15) is 5.26 Å². The summed E-state index contributed by atoms with van der Waals surface area (Å²) in [6.45, 7) is 3.45. The number of amides is 1. The number of benzene rings is 1. The van der Waals surface area contributed by atoms with Gasteiger partial charge in [0.05, 0.1) is 4.92 Å². The van der Waals surface area contributed by atoms with E-state index in [4.69, 9.17) is 4.42 Å². The van der Waals surface area contributed by atoms with Crippen molar-refractivity contribution in [2.45, 2.75) is 19.8 Å². The van der Waals surface area contributed by atoms with Crippen LogP contribution in [-0.4, -0.2) is 28.8 Å². The van der Waals surface area contributed by atoms with Crippen LogP contribution in [0.4, 0.5) is 5.69 Å². The SMILES string of the molecule is CC1CCN(C(=O)/C(C#N)=C/c2ccc(-c3cccc([N+](=O)[O-])c3)o2)CC1. The average molecular weight is 365 g/mol. The first-order valence-corrected chi connectivity index (χ1v) is 8.73. The average Bonchev–Trinajstić information content (AvgIpc) is 3.15. The molecule has 0 aliphatic carbocycles. The summed E-state index contributed by atoms with van der Waals surface area (Å²) in [6, 6.07) is 11.3. The quantitative estimate of drug-likeness (QED) is 0.352. The number of rotatable bonds is 4. The summed E-state index contributed by atoms with van der Waals surface area (Å²) >= 11 is 0. The van der Waals surface area contributed by atoms with Crippen molar-refractivity contribution in [1.29, 1.82) is 5.26 Å². The predicted octanol–water partition coefficient (Wildman–Crippen LogP) is 4.02. The van der Waals surface area contributed by atoms with Crippen molar-refractivity contribution in [1.82, 2.24) is 4.90 Å². The summed E-state index contributed by atoms with van der Waals surface area (Å²) in [7, 11) is 0. The first kappa shape index (κ1) is 18.4. The summed E-state index contributed by atoms with van der Waals surface area (Å²) in [5.74, 6) is 1.08. The van der Waals surface area contributed by atoms with E-state index < -0.39 is 4.92 Å². The molecule has 0 atom stereocenters. The molecule has 2 heterocycles. The van der Waals surface area contributed by atoms with Gasteiger partial charge in [-0.3, -0.25) is 14.9 Å². The third-order valence-corrected chi connectivity index (χ3v) is 4.68. The molecule has 1 aliphatic rings. The molecule has 1 saturated heterocycles. The Balaban J connectivity index is 1.80. The van der Waals surface area contributed by atoms with Gasteiger partial charge in [-0.1, -0.05) is 19.1 Å². The van der Waals surface area contributed by atoms with Crippen molar-refractivity contribution in [2.24, 2.45) is 5.92 Å². The molecular weight excluding hydrogens is 346 g/mol. The molecule has 3 rings (SSSR count). The minimum absolute atomic E-state index is 0.0181. The van der Waals surface area contributed by atoms with E-state index in [0.717, 1.165) is 12.8 Å². The maximum absolute atomic E-state index is 12.6. The normalized spacial score (nSPS) is 15.4. The lowest BCUT2D eigenvalue weighted by atomic mass is 9.98. The van der Waals surface area contributed by atoms with Gasteiger partial charge in [0.15, 0.2) is 0 Å². The lowest BCUT2D eigenvalue weighted by Crippen LogP contribution is -2.38. The van der Waals surface area contributed by atoms with Gasteiger partial charge in [0.2, 0.25) is 0 Å². The van der Waals surface area contributed by atoms with Crippen LogP contribution in [0.2, 0.25) is 0 Å². The summed E-state index contributed by atoms with van der Waals surface area (Å²) in [4.78, 5) is 24.7. The smallest absolute Gasteiger partial charge is 0.270 e. The maximum Gasteiger partial charge on any atom is 0.270 e. The number of carbonyl (C=O) groups excluding carboxylic acids is 1. The fourth-order valence-electron chi connectivity index (χ4n) is 3.02. The van der Waals surface area contributed by atoms with E-state index in [0.29, 0.717) is 36.1 Å². The number of nitrogens with zero attached hydrogens (tertiary/aromatic N) is 3. The molecule has 27 heavy (non-hydrogen) atoms. The van der Waals surface area contributed by atoms with E-state index in [1.165, 1.54) is 18.2 Å². The van der Waals surface area contributed by atoms with Crippen LogP contribution in [0.1, 0.15) is 25.5 Å². The summed E-state index contributed by atoms with van der Waals surface area (Å²) in [5, 5.41) is 20.3. The van der Waals surface area contributed by atoms with Crippen LogP contribution in [0.15, 0.2) is 46.4 Å². The second kappa shape index (κ2) is 7.87. The monoisotopic (exact) mass is 365 g/mol. The van der Waals surface area contributed by atoms with Crippen LogP contribution in [0.5, 0.6) is 0 Å². The molecule has 0 spiro atoms. The van der Waals surface area contributed by atoms with E-state index >= 15 is 0 Å². The number of hydrogen-bond acceptors (Lipinski definition) is 5. The standard InChI is InChI=1S/C20H19N3O4/c1-14-7-9-22(10-8-14)20(24)16(13-21)12-18-5-6-19(27-18)15-3-2-4-17(11-15)23(25)26/h2-6,11-12,14H,7-10H2,1H3/b16-12+. The molecule has 2 aromatic rings. The van der Waals surface area contributed by atoms with Gasteiger partial charge >= 0.3 is 0 Å². The molecule has 0 saturated carbocycles. The van der Waals surface area contributed by atoms with Gasteiger partial charge in [0.1, 0.15) is 23.2 Å². The number of nitriles is 1. The molecule has 1 aromatic heterocycles. The third-order valence-electron chi connectivity index (χ3n) is 4.68. The number of carbonyl (C=O) groups is 1. The van der Waals surface area contributed by atoms with Crippen molar-refractivity contribution < 1.29 is 14.1 Å². The summed E-state index contributed by atoms with van der Waals surface area (Å²) in [5.41, 5.74) is 0.538. The van der Waals surface area contributed by atoms with Crippen molar-refractivity contribution in [2.75, 3.05) is 13.1 Å². The Hall–Kier alpha value is -3.40. The van der Waals surface area contributed by atoms with E-state index in [1.54, 1.807) is 29.2 Å². The highest BCUT2D eigenvalue weighted by molar-refractivity contribution is 6.01. The van der Waals surface area contributed by atoms with Gasteiger partial charge in [0.25, 0.3) is 11.6 Å². The Morgan fingerprint density at radius 2 is 2.07 bits per heavy atom. The highest BCUT2D eigenvalue weighted by Crippen LogP contribution is 2.27. The van der Waals surface area contributed by atoms with E-state index in [9.17, 15) is 20.2 Å². The van der Waals surface area contributed by atoms with E-state index in [-0.39, 0.29) is 17.2 Å². The number of piperidine rings is 1. The lowest BCUT2D eigenvalue weighted by Gasteiger charge is -2.30. The number of hydrogen-bond donors (Lipinski definition) is 0. The second-order valence-corrected chi connectivity index (χ2v) is 6.65. The number of nitro benzene ring substituents is 1. The summed E-state index contributed by atoms with van der Waals surface area (Å²) < 4.78 is 5.67. The Bertz CT molecular complexity index is 931. The molecule has 0 N–H and O–H groups in total. The molecule has 7 nitrogen and oxygen atoms in total. The first-order valence-electron chi connectivity index (χ1n) is 8.73. The van der Waals surface area contributed by atoms with Crippen LogP contribution in [0.3, 0.4) is 0 Å². The van der Waals surface area contributed by atoms with Crippen LogP contribution in [0.25, 0.3) is 17.4 Å². The Morgan fingerprint density at radius 1 is 1.33 bits per heavy atom. The van der Waals surface area contributed by atoms with Crippen LogP contribution in [0, 0.1) is 27.4 Å². The highest BCUT2D eigenvalue weighted by Gasteiger charge is 2.23. The Kier molecular flexibility index (Phi) is 5.36. The molecule has 1 aliphatic heterocycles. The Labute approximate surface area is 156 Å². The number of nitro groups is 1. The molecule has 1 amide bonds. The highest BCUT2D eigenvalue weighted by atomic mass is 16.6. The molecule has 138 valence electrons. The molecule has 7 heteroatoms. The fraction of sp³-hybridized carbons (Fsp3) is 0.300. The van der Waals surface area contributed by atoms with Gasteiger partial charge < -0.3 is 9.32 Å². The lowest BCUT2D eigenvalue weighted by molar-refractivity contribution is -0.384. The topological polar surface area (TPSA) is 100 Å². The minimum atomic E-state index is -0.473. The molecular formula is C20H19N3O4. The van der Waals surface area contributed by atoms with Crippen LogP contribution < -0.4 is 0 Å². The zero-order valence-electron chi connectivity index (χ0n) is 14.9. The van der Waals surface area contributed by atoms with Crippen LogP contribution in [-0.2, 0) is 4.79 Å². The fourth-order valence-corrected chi connectivity index (χ4v) is 3.02. The van der Waals surface area contributed by atoms with Crippen molar-refractivity contribution >= 4 is 17.7 Å². The second-order valence-electron chi connectivity index (χ2n) is 6.65. The van der Waals surface area contributed by atoms with Gasteiger partial charge in [-0.25, -0.2) is 0 Å². The van der Waals surface area contributed by atoms with Gasteiger partial charge in [-0.15, -0.1) is 0 Å². The summed E-state index contributed by atoms with van der Waals surface area (Å²) in [6.07, 6.45) is 3.28. The van der Waals surface area contributed by atoms with E-state index in [1.807, 2.05) is 6.07 Å². The Morgan fingerprint density at radius 3 is 2.74 bits per heavy atom. The molecule has 0 unspecified atom stereocenters. The van der Waals surface area contributed by atoms with Crippen molar-refractivity contribution in [3.05, 3.63) is 57.8 Å². The van der Waals surface area contributed by atoms with Gasteiger partial charge in [-0.05, 0) is 30.9 Å². The van der Waals surface area contributed by atoms with E-state index in [2.05, 4.69) is 6.92 Å². The maximum atomic E-state index is 12.6.